The zero-order valence-electron chi connectivity index (χ0n) is 11.1. The molecule has 0 amide bonds. The van der Waals surface area contributed by atoms with Crippen LogP contribution >= 0.6 is 0 Å². The molecule has 0 aliphatic carbocycles. The number of carbonyl (C=O) groups excluding carboxylic acids is 2. The highest BCUT2D eigenvalue weighted by Gasteiger charge is 2.13. The van der Waals surface area contributed by atoms with E-state index in [1.54, 1.807) is 6.92 Å². The lowest BCUT2D eigenvalue weighted by Gasteiger charge is -2.08. The van der Waals surface area contributed by atoms with Gasteiger partial charge in [-0.15, -0.1) is 0 Å². The van der Waals surface area contributed by atoms with Crippen molar-refractivity contribution in [1.29, 1.82) is 0 Å². The van der Waals surface area contributed by atoms with Crippen LogP contribution in [0.2, 0.25) is 0 Å². The molecule has 0 bridgehead atoms. The van der Waals surface area contributed by atoms with Gasteiger partial charge in [-0.05, 0) is 31.5 Å². The van der Waals surface area contributed by atoms with E-state index >= 15 is 0 Å². The lowest BCUT2D eigenvalue weighted by atomic mass is 10.2. The second-order valence-electron chi connectivity index (χ2n) is 3.98. The Morgan fingerprint density at radius 2 is 2.00 bits per heavy atom. The number of hydrogen-bond donors (Lipinski definition) is 1. The maximum absolute atomic E-state index is 11.5. The van der Waals surface area contributed by atoms with Gasteiger partial charge in [0.05, 0.1) is 12.2 Å². The summed E-state index contributed by atoms with van der Waals surface area (Å²) in [6, 6.07) is 4.02. The molecule has 0 aliphatic heterocycles. The fraction of sp³-hybridized carbons (Fsp3) is 0.429. The minimum atomic E-state index is -0.520. The van der Waals surface area contributed by atoms with Gasteiger partial charge >= 0.3 is 11.9 Å². The molecule has 1 N–H and O–H groups in total. The van der Waals surface area contributed by atoms with Crippen LogP contribution < -0.4 is 4.74 Å². The van der Waals surface area contributed by atoms with Crippen LogP contribution in [0.25, 0.3) is 0 Å². The van der Waals surface area contributed by atoms with E-state index in [-0.39, 0.29) is 30.1 Å². The molecule has 104 valence electrons. The third kappa shape index (κ3) is 4.62. The Morgan fingerprint density at radius 3 is 2.63 bits per heavy atom. The maximum atomic E-state index is 11.5. The summed E-state index contributed by atoms with van der Waals surface area (Å²) in [6.07, 6.45) is 1.88. The van der Waals surface area contributed by atoms with Crippen molar-refractivity contribution in [2.24, 2.45) is 0 Å². The molecule has 19 heavy (non-hydrogen) atoms. The largest absolute Gasteiger partial charge is 0.504 e. The highest BCUT2D eigenvalue weighted by Crippen LogP contribution is 2.27. The molecule has 0 atom stereocenters. The first-order valence-corrected chi connectivity index (χ1v) is 6.29. The highest BCUT2D eigenvalue weighted by molar-refractivity contribution is 5.90. The van der Waals surface area contributed by atoms with Crippen LogP contribution in [0, 0.1) is 0 Å². The number of phenolic OH excluding ortho intramolecular Hbond substituents is 1. The second kappa shape index (κ2) is 7.41. The molecule has 0 fully saturated rings. The number of esters is 2. The predicted octanol–water partition coefficient (Wildman–Crippen LogP) is 2.66. The topological polar surface area (TPSA) is 72.8 Å². The van der Waals surface area contributed by atoms with Gasteiger partial charge in [0.2, 0.25) is 0 Å². The Labute approximate surface area is 112 Å². The molecular weight excluding hydrogens is 248 g/mol. The number of hydrogen-bond acceptors (Lipinski definition) is 5. The van der Waals surface area contributed by atoms with Crippen molar-refractivity contribution in [3.8, 4) is 11.5 Å². The molecule has 0 saturated heterocycles. The van der Waals surface area contributed by atoms with Crippen molar-refractivity contribution in [3.63, 3.8) is 0 Å². The summed E-state index contributed by atoms with van der Waals surface area (Å²) in [5.74, 6) is -1.16. The Morgan fingerprint density at radius 1 is 1.26 bits per heavy atom. The van der Waals surface area contributed by atoms with Crippen molar-refractivity contribution < 1.29 is 24.2 Å². The summed E-state index contributed by atoms with van der Waals surface area (Å²) < 4.78 is 9.85. The van der Waals surface area contributed by atoms with Crippen LogP contribution in [-0.4, -0.2) is 23.7 Å². The molecular formula is C14H18O5. The number of ether oxygens (including phenoxy) is 2. The van der Waals surface area contributed by atoms with Crippen LogP contribution in [0.15, 0.2) is 18.2 Å². The summed E-state index contributed by atoms with van der Waals surface area (Å²) >= 11 is 0. The van der Waals surface area contributed by atoms with E-state index in [2.05, 4.69) is 0 Å². The Balaban J connectivity index is 2.79. The lowest BCUT2D eigenvalue weighted by molar-refractivity contribution is -0.134. The van der Waals surface area contributed by atoms with Gasteiger partial charge in [-0.25, -0.2) is 4.79 Å². The highest BCUT2D eigenvalue weighted by atomic mass is 16.5. The van der Waals surface area contributed by atoms with Gasteiger partial charge in [0.1, 0.15) is 0 Å². The summed E-state index contributed by atoms with van der Waals surface area (Å²) in [6.45, 7) is 3.92. The van der Waals surface area contributed by atoms with Gasteiger partial charge in [0.15, 0.2) is 11.5 Å². The van der Waals surface area contributed by atoms with Crippen molar-refractivity contribution in [1.82, 2.24) is 0 Å². The van der Waals surface area contributed by atoms with Crippen molar-refractivity contribution in [3.05, 3.63) is 23.8 Å². The zero-order valence-corrected chi connectivity index (χ0v) is 11.1. The molecule has 5 heteroatoms. The van der Waals surface area contributed by atoms with Crippen molar-refractivity contribution >= 4 is 11.9 Å². The van der Waals surface area contributed by atoms with Crippen LogP contribution in [0.3, 0.4) is 0 Å². The smallest absolute Gasteiger partial charge is 0.338 e. The molecule has 0 heterocycles. The van der Waals surface area contributed by atoms with Crippen molar-refractivity contribution in [2.75, 3.05) is 6.61 Å². The number of aromatic hydroxyl groups is 1. The summed E-state index contributed by atoms with van der Waals surface area (Å²) in [5, 5.41) is 9.59. The van der Waals surface area contributed by atoms with Crippen LogP contribution in [0.5, 0.6) is 11.5 Å². The third-order valence-corrected chi connectivity index (χ3v) is 2.43. The number of benzene rings is 1. The first-order valence-electron chi connectivity index (χ1n) is 6.29. The van der Waals surface area contributed by atoms with E-state index in [1.165, 1.54) is 18.2 Å². The van der Waals surface area contributed by atoms with E-state index in [4.69, 9.17) is 9.47 Å². The molecule has 0 aliphatic rings. The molecule has 1 aromatic carbocycles. The SMILES string of the molecule is CCCCC(=O)Oc1cc(C(=O)OCC)ccc1O. The van der Waals surface area contributed by atoms with Crippen LogP contribution in [0.1, 0.15) is 43.5 Å². The molecule has 0 spiro atoms. The molecule has 1 rings (SSSR count). The number of phenols is 1. The van der Waals surface area contributed by atoms with E-state index in [1.807, 2.05) is 6.92 Å². The van der Waals surface area contributed by atoms with Gasteiger partial charge in [0.25, 0.3) is 0 Å². The molecule has 0 aromatic heterocycles. The number of carbonyl (C=O) groups is 2. The normalized spacial score (nSPS) is 10.0. The van der Waals surface area contributed by atoms with Crippen LogP contribution in [0.4, 0.5) is 0 Å². The lowest BCUT2D eigenvalue weighted by Crippen LogP contribution is -2.09. The molecule has 0 saturated carbocycles. The number of unbranched alkanes of at least 4 members (excludes halogenated alkanes) is 1. The fourth-order valence-corrected chi connectivity index (χ4v) is 1.43. The molecule has 5 nitrogen and oxygen atoms in total. The fourth-order valence-electron chi connectivity index (χ4n) is 1.43. The van der Waals surface area contributed by atoms with Gasteiger partial charge in [-0.2, -0.15) is 0 Å². The monoisotopic (exact) mass is 266 g/mol. The van der Waals surface area contributed by atoms with Gasteiger partial charge in [0, 0.05) is 6.42 Å². The number of rotatable bonds is 6. The van der Waals surface area contributed by atoms with E-state index in [0.29, 0.717) is 0 Å². The minimum Gasteiger partial charge on any atom is -0.504 e. The Hall–Kier alpha value is -2.04. The molecule has 0 radical (unpaired) electrons. The van der Waals surface area contributed by atoms with Gasteiger partial charge < -0.3 is 14.6 Å². The van der Waals surface area contributed by atoms with Crippen molar-refractivity contribution in [2.45, 2.75) is 33.1 Å². The second-order valence-corrected chi connectivity index (χ2v) is 3.98. The molecule has 0 unspecified atom stereocenters. The maximum Gasteiger partial charge on any atom is 0.338 e. The minimum absolute atomic E-state index is 0.0216. The Kier molecular flexibility index (Phi) is 5.85. The van der Waals surface area contributed by atoms with Crippen LogP contribution in [-0.2, 0) is 9.53 Å². The quantitative estimate of drug-likeness (QED) is 0.633. The summed E-state index contributed by atoms with van der Waals surface area (Å²) in [7, 11) is 0. The Bertz CT molecular complexity index is 453. The summed E-state index contributed by atoms with van der Waals surface area (Å²) in [5.41, 5.74) is 0.234. The van der Waals surface area contributed by atoms with E-state index in [9.17, 15) is 14.7 Å². The zero-order chi connectivity index (χ0) is 14.3. The first-order chi connectivity index (χ1) is 9.08. The average Bonchev–Trinajstić information content (AvgIpc) is 2.39. The predicted molar refractivity (Wildman–Crippen MR) is 69.2 cm³/mol. The average molecular weight is 266 g/mol. The van der Waals surface area contributed by atoms with E-state index < -0.39 is 11.9 Å². The standard InChI is InChI=1S/C14H18O5/c1-3-5-6-13(16)19-12-9-10(7-8-11(12)15)14(17)18-4-2/h7-9,15H,3-6H2,1-2H3. The van der Waals surface area contributed by atoms with Gasteiger partial charge in [-0.1, -0.05) is 13.3 Å². The summed E-state index contributed by atoms with van der Waals surface area (Å²) in [4.78, 5) is 23.0. The first kappa shape index (κ1) is 15.0. The van der Waals surface area contributed by atoms with E-state index in [0.717, 1.165) is 12.8 Å². The third-order valence-electron chi connectivity index (χ3n) is 2.43. The van der Waals surface area contributed by atoms with Gasteiger partial charge in [-0.3, -0.25) is 4.79 Å². The molecule has 1 aromatic rings.